The zero-order chi connectivity index (χ0) is 9.52. The van der Waals surface area contributed by atoms with Crippen molar-refractivity contribution in [2.75, 3.05) is 5.75 Å². The van der Waals surface area contributed by atoms with Gasteiger partial charge in [-0.05, 0) is 12.1 Å². The third-order valence-electron chi connectivity index (χ3n) is 1.32. The van der Waals surface area contributed by atoms with Gasteiger partial charge in [0.15, 0.2) is 5.24 Å². The lowest BCUT2D eigenvalue weighted by atomic mass is 10.2. The predicted molar refractivity (Wildman–Crippen MR) is 57.5 cm³/mol. The van der Waals surface area contributed by atoms with Crippen LogP contribution in [0.4, 0.5) is 4.39 Å². The number of halogens is 1. The number of hydrogen-bond acceptors (Lipinski definition) is 0. The van der Waals surface area contributed by atoms with Gasteiger partial charge in [0.1, 0.15) is 0 Å². The Balaban J connectivity index is 2.54. The SMILES string of the molecule is NC(F)=[SH]CC#Cc1ccccc1. The summed E-state index contributed by atoms with van der Waals surface area (Å²) < 4.78 is 12.0. The number of hydrogen-bond donors (Lipinski definition) is 2. The van der Waals surface area contributed by atoms with Gasteiger partial charge in [-0.1, -0.05) is 30.0 Å². The van der Waals surface area contributed by atoms with Crippen LogP contribution in [-0.2, 0) is 0 Å². The zero-order valence-corrected chi connectivity index (χ0v) is 7.89. The van der Waals surface area contributed by atoms with Crippen LogP contribution in [0.25, 0.3) is 0 Å². The average molecular weight is 195 g/mol. The highest BCUT2D eigenvalue weighted by molar-refractivity contribution is 7.98. The topological polar surface area (TPSA) is 26.0 Å². The first-order valence-corrected chi connectivity index (χ1v) is 4.86. The van der Waals surface area contributed by atoms with Crippen molar-refractivity contribution in [3.05, 3.63) is 35.9 Å². The van der Waals surface area contributed by atoms with E-state index in [0.717, 1.165) is 5.56 Å². The van der Waals surface area contributed by atoms with Crippen LogP contribution in [0.1, 0.15) is 5.56 Å². The van der Waals surface area contributed by atoms with Crippen molar-refractivity contribution in [2.45, 2.75) is 0 Å². The molecule has 3 heteroatoms. The first kappa shape index (κ1) is 9.97. The zero-order valence-electron chi connectivity index (χ0n) is 7.00. The smallest absolute Gasteiger partial charge is 0.187 e. The summed E-state index contributed by atoms with van der Waals surface area (Å²) in [5.74, 6) is 6.18. The minimum atomic E-state index is -0.581. The predicted octanol–water partition coefficient (Wildman–Crippen LogP) is 1.52. The Morgan fingerprint density at radius 1 is 1.38 bits per heavy atom. The summed E-state index contributed by atoms with van der Waals surface area (Å²) in [5, 5.41) is -0.581. The Morgan fingerprint density at radius 2 is 2.08 bits per heavy atom. The fourth-order valence-corrected chi connectivity index (χ4v) is 1.09. The van der Waals surface area contributed by atoms with E-state index in [1.165, 1.54) is 0 Å². The van der Waals surface area contributed by atoms with Gasteiger partial charge in [0, 0.05) is 5.56 Å². The Labute approximate surface area is 80.7 Å². The van der Waals surface area contributed by atoms with Crippen LogP contribution in [0.2, 0.25) is 0 Å². The number of nitrogens with two attached hydrogens (primary N) is 1. The highest BCUT2D eigenvalue weighted by atomic mass is 32.1. The van der Waals surface area contributed by atoms with Gasteiger partial charge >= 0.3 is 0 Å². The summed E-state index contributed by atoms with van der Waals surface area (Å²) >= 11 is 0.450. The van der Waals surface area contributed by atoms with E-state index in [-0.39, 0.29) is 0 Å². The van der Waals surface area contributed by atoms with Crippen LogP contribution in [0.5, 0.6) is 0 Å². The highest BCUT2D eigenvalue weighted by Gasteiger charge is 1.81. The molecule has 0 bridgehead atoms. The largest absolute Gasteiger partial charge is 0.274 e. The second kappa shape index (κ2) is 5.52. The van der Waals surface area contributed by atoms with E-state index < -0.39 is 5.24 Å². The molecule has 1 nitrogen and oxygen atoms in total. The lowest BCUT2D eigenvalue weighted by molar-refractivity contribution is 0.816. The van der Waals surface area contributed by atoms with E-state index in [1.807, 2.05) is 30.3 Å². The van der Waals surface area contributed by atoms with E-state index >= 15 is 0 Å². The van der Waals surface area contributed by atoms with E-state index in [9.17, 15) is 4.39 Å². The molecule has 0 atom stereocenters. The summed E-state index contributed by atoms with van der Waals surface area (Å²) in [6, 6.07) is 9.57. The van der Waals surface area contributed by atoms with Crippen LogP contribution < -0.4 is 5.73 Å². The van der Waals surface area contributed by atoms with Gasteiger partial charge in [0.05, 0.1) is 5.75 Å². The number of benzene rings is 1. The molecule has 0 amide bonds. The van der Waals surface area contributed by atoms with Crippen molar-refractivity contribution >= 4 is 16.6 Å². The van der Waals surface area contributed by atoms with E-state index in [2.05, 4.69) is 11.8 Å². The van der Waals surface area contributed by atoms with Crippen molar-refractivity contribution in [3.63, 3.8) is 0 Å². The summed E-state index contributed by atoms with van der Waals surface area (Å²) in [6.07, 6.45) is 0. The van der Waals surface area contributed by atoms with Gasteiger partial charge in [0.2, 0.25) is 0 Å². The summed E-state index contributed by atoms with van der Waals surface area (Å²) in [7, 11) is 0. The standard InChI is InChI=1S/C10H10FNS/c11-10(12)13-8-4-7-9-5-2-1-3-6-9/h1-3,5-6,13H,8,12H2. The highest BCUT2D eigenvalue weighted by Crippen LogP contribution is 1.95. The van der Waals surface area contributed by atoms with Gasteiger partial charge in [-0.2, -0.15) is 4.39 Å². The normalized spacial score (nSPS) is 11.1. The monoisotopic (exact) mass is 195 g/mol. The van der Waals surface area contributed by atoms with Crippen molar-refractivity contribution < 1.29 is 4.39 Å². The molecule has 1 aromatic rings. The average Bonchev–Trinajstić information content (AvgIpc) is 2.14. The minimum Gasteiger partial charge on any atom is -0.274 e. The Bertz CT molecular complexity index is 344. The molecule has 0 aromatic heterocycles. The third-order valence-corrected chi connectivity index (χ3v) is 1.93. The van der Waals surface area contributed by atoms with Crippen LogP contribution >= 0.6 is 11.4 Å². The van der Waals surface area contributed by atoms with Crippen LogP contribution in [0.15, 0.2) is 30.3 Å². The molecule has 0 fully saturated rings. The van der Waals surface area contributed by atoms with Gasteiger partial charge in [-0.25, -0.2) is 0 Å². The van der Waals surface area contributed by atoms with Crippen molar-refractivity contribution in [1.82, 2.24) is 0 Å². The van der Waals surface area contributed by atoms with Crippen molar-refractivity contribution in [2.24, 2.45) is 5.73 Å². The molecule has 13 heavy (non-hydrogen) atoms. The van der Waals surface area contributed by atoms with E-state index in [4.69, 9.17) is 5.73 Å². The molecule has 1 aromatic carbocycles. The number of thiol groups is 1. The molecule has 0 saturated heterocycles. The van der Waals surface area contributed by atoms with Crippen molar-refractivity contribution in [1.29, 1.82) is 0 Å². The van der Waals surface area contributed by atoms with Gasteiger partial charge in [-0.15, -0.1) is 11.4 Å². The fraction of sp³-hybridized carbons (Fsp3) is 0.100. The van der Waals surface area contributed by atoms with Crippen LogP contribution in [-0.4, -0.2) is 11.0 Å². The van der Waals surface area contributed by atoms with Crippen molar-refractivity contribution in [3.8, 4) is 11.8 Å². The Kier molecular flexibility index (Phi) is 4.24. The molecule has 0 aliphatic heterocycles. The summed E-state index contributed by atoms with van der Waals surface area (Å²) in [5.41, 5.74) is 5.78. The van der Waals surface area contributed by atoms with Gasteiger partial charge in [0.25, 0.3) is 0 Å². The summed E-state index contributed by atoms with van der Waals surface area (Å²) in [6.45, 7) is 0. The first-order chi connectivity index (χ1) is 6.29. The molecular weight excluding hydrogens is 185 g/mol. The molecule has 0 spiro atoms. The van der Waals surface area contributed by atoms with Gasteiger partial charge in [-0.3, -0.25) is 5.73 Å². The summed E-state index contributed by atoms with van der Waals surface area (Å²) in [4.78, 5) is 0. The molecule has 2 N–H and O–H groups in total. The molecule has 1 rings (SSSR count). The molecule has 0 heterocycles. The lowest BCUT2D eigenvalue weighted by Crippen LogP contribution is -1.99. The molecule has 0 radical (unpaired) electrons. The maximum atomic E-state index is 12.0. The second-order valence-corrected chi connectivity index (χ2v) is 3.37. The van der Waals surface area contributed by atoms with Gasteiger partial charge < -0.3 is 0 Å². The molecule has 0 aliphatic carbocycles. The first-order valence-electron chi connectivity index (χ1n) is 3.78. The fourth-order valence-electron chi connectivity index (χ4n) is 0.778. The Morgan fingerprint density at radius 3 is 2.69 bits per heavy atom. The van der Waals surface area contributed by atoms with Crippen LogP contribution in [0.3, 0.4) is 0 Å². The van der Waals surface area contributed by atoms with E-state index in [1.54, 1.807) is 0 Å². The maximum absolute atomic E-state index is 12.0. The molecular formula is C10H10FNS. The number of rotatable bonds is 1. The minimum absolute atomic E-state index is 0.442. The quantitative estimate of drug-likeness (QED) is 0.229. The third kappa shape index (κ3) is 4.46. The second-order valence-electron chi connectivity index (χ2n) is 2.31. The molecule has 0 saturated carbocycles. The molecule has 0 aliphatic rings. The molecule has 0 unspecified atom stereocenters. The Hall–Kier alpha value is -1.11. The van der Waals surface area contributed by atoms with E-state index in [0.29, 0.717) is 17.1 Å². The molecule has 68 valence electrons. The lowest BCUT2D eigenvalue weighted by Gasteiger charge is -1.85. The van der Waals surface area contributed by atoms with Crippen LogP contribution in [0, 0.1) is 11.8 Å². The maximum Gasteiger partial charge on any atom is 0.187 e.